The fourth-order valence-corrected chi connectivity index (χ4v) is 2.41. The van der Waals surface area contributed by atoms with Crippen LogP contribution in [0, 0.1) is 0 Å². The molecule has 2 N–H and O–H groups in total. The molecule has 2 rings (SSSR count). The largest absolute Gasteiger partial charge is 0.384 e. The highest BCUT2D eigenvalue weighted by Crippen LogP contribution is 2.31. The van der Waals surface area contributed by atoms with E-state index in [-0.39, 0.29) is 0 Å². The first-order valence-corrected chi connectivity index (χ1v) is 6.13. The number of anilines is 1. The maximum Gasteiger partial charge on any atom is 0.124 e. The topological polar surface area (TPSA) is 53.1 Å². The molecule has 4 heteroatoms. The van der Waals surface area contributed by atoms with E-state index >= 15 is 0 Å². The minimum absolute atomic E-state index is 0.541. The van der Waals surface area contributed by atoms with Crippen LogP contribution < -0.4 is 5.73 Å². The van der Waals surface area contributed by atoms with Gasteiger partial charge in [0, 0.05) is 31.7 Å². The Kier molecular flexibility index (Phi) is 3.49. The smallest absolute Gasteiger partial charge is 0.124 e. The van der Waals surface area contributed by atoms with Crippen LogP contribution in [0.15, 0.2) is 0 Å². The van der Waals surface area contributed by atoms with Crippen LogP contribution in [0.3, 0.4) is 0 Å². The zero-order valence-electron chi connectivity index (χ0n) is 10.2. The number of aromatic nitrogens is 2. The van der Waals surface area contributed by atoms with E-state index in [1.54, 1.807) is 0 Å². The molecule has 0 amide bonds. The molecule has 0 atom stereocenters. The molecule has 4 nitrogen and oxygen atoms in total. The lowest BCUT2D eigenvalue weighted by Gasteiger charge is -2.21. The van der Waals surface area contributed by atoms with E-state index in [0.29, 0.717) is 5.92 Å². The molecule has 1 aromatic rings. The fraction of sp³-hybridized carbons (Fsp3) is 0.750. The van der Waals surface area contributed by atoms with Crippen LogP contribution in [0.1, 0.15) is 43.4 Å². The van der Waals surface area contributed by atoms with E-state index in [4.69, 9.17) is 10.5 Å². The lowest BCUT2D eigenvalue weighted by Crippen LogP contribution is -2.15. The van der Waals surface area contributed by atoms with Gasteiger partial charge in [0.2, 0.25) is 0 Å². The van der Waals surface area contributed by atoms with Crippen LogP contribution >= 0.6 is 0 Å². The Labute approximate surface area is 96.8 Å². The standard InChI is InChI=1S/C12H21N3O/c1-3-4-10-11(14-15(2)12(10)13)9-5-7-16-8-6-9/h9H,3-8,13H2,1-2H3. The third kappa shape index (κ3) is 2.07. The summed E-state index contributed by atoms with van der Waals surface area (Å²) in [6, 6.07) is 0. The number of nitrogens with zero attached hydrogens (tertiary/aromatic N) is 2. The molecule has 1 saturated heterocycles. The average Bonchev–Trinajstić information content (AvgIpc) is 2.59. The third-order valence-electron chi connectivity index (χ3n) is 3.33. The molecular formula is C12H21N3O. The molecule has 2 heterocycles. The van der Waals surface area contributed by atoms with Gasteiger partial charge in [-0.25, -0.2) is 0 Å². The van der Waals surface area contributed by atoms with Gasteiger partial charge in [-0.3, -0.25) is 4.68 Å². The lowest BCUT2D eigenvalue weighted by atomic mass is 9.92. The molecule has 0 spiro atoms. The third-order valence-corrected chi connectivity index (χ3v) is 3.33. The van der Waals surface area contributed by atoms with Crippen molar-refractivity contribution in [2.75, 3.05) is 18.9 Å². The zero-order chi connectivity index (χ0) is 11.5. The fourth-order valence-electron chi connectivity index (χ4n) is 2.41. The van der Waals surface area contributed by atoms with Crippen molar-refractivity contribution in [3.8, 4) is 0 Å². The lowest BCUT2D eigenvalue weighted by molar-refractivity contribution is 0.0842. The van der Waals surface area contributed by atoms with Gasteiger partial charge in [-0.05, 0) is 19.3 Å². The predicted octanol–water partition coefficient (Wildman–Crippen LogP) is 1.85. The monoisotopic (exact) mass is 223 g/mol. The highest BCUT2D eigenvalue weighted by atomic mass is 16.5. The molecule has 1 aliphatic rings. The van der Waals surface area contributed by atoms with Crippen LogP contribution in [-0.2, 0) is 18.2 Å². The van der Waals surface area contributed by atoms with E-state index in [1.807, 2.05) is 11.7 Å². The van der Waals surface area contributed by atoms with Crippen LogP contribution in [0.5, 0.6) is 0 Å². The van der Waals surface area contributed by atoms with Gasteiger partial charge in [-0.1, -0.05) is 13.3 Å². The summed E-state index contributed by atoms with van der Waals surface area (Å²) in [5, 5.41) is 4.59. The predicted molar refractivity (Wildman–Crippen MR) is 64.4 cm³/mol. The second-order valence-corrected chi connectivity index (χ2v) is 4.51. The summed E-state index contributed by atoms with van der Waals surface area (Å²) in [7, 11) is 1.93. The Bertz CT molecular complexity index is 353. The number of nitrogen functional groups attached to an aromatic ring is 1. The first-order valence-electron chi connectivity index (χ1n) is 6.13. The Morgan fingerprint density at radius 1 is 1.44 bits per heavy atom. The van der Waals surface area contributed by atoms with Crippen molar-refractivity contribution >= 4 is 5.82 Å². The van der Waals surface area contributed by atoms with E-state index in [9.17, 15) is 0 Å². The number of hydrogen-bond donors (Lipinski definition) is 1. The molecule has 1 aliphatic heterocycles. The number of rotatable bonds is 3. The summed E-state index contributed by atoms with van der Waals surface area (Å²) in [6.45, 7) is 3.89. The van der Waals surface area contributed by atoms with Gasteiger partial charge in [0.25, 0.3) is 0 Å². The Morgan fingerprint density at radius 2 is 2.12 bits per heavy atom. The van der Waals surface area contributed by atoms with Crippen molar-refractivity contribution in [1.29, 1.82) is 0 Å². The van der Waals surface area contributed by atoms with Crippen LogP contribution in [0.2, 0.25) is 0 Å². The van der Waals surface area contributed by atoms with Gasteiger partial charge in [0.05, 0.1) is 5.69 Å². The molecule has 0 saturated carbocycles. The first-order chi connectivity index (χ1) is 7.74. The summed E-state index contributed by atoms with van der Waals surface area (Å²) in [5.41, 5.74) is 8.54. The van der Waals surface area contributed by atoms with Crippen molar-refractivity contribution in [1.82, 2.24) is 9.78 Å². The average molecular weight is 223 g/mol. The van der Waals surface area contributed by atoms with Gasteiger partial charge in [-0.2, -0.15) is 5.10 Å². The zero-order valence-corrected chi connectivity index (χ0v) is 10.2. The van der Waals surface area contributed by atoms with Crippen molar-refractivity contribution in [3.05, 3.63) is 11.3 Å². The summed E-state index contributed by atoms with van der Waals surface area (Å²) < 4.78 is 7.21. The van der Waals surface area contributed by atoms with Crippen LogP contribution in [0.4, 0.5) is 5.82 Å². The van der Waals surface area contributed by atoms with Gasteiger partial charge < -0.3 is 10.5 Å². The van der Waals surface area contributed by atoms with E-state index in [1.165, 1.54) is 11.3 Å². The number of ether oxygens (including phenoxy) is 1. The highest BCUT2D eigenvalue weighted by molar-refractivity contribution is 5.44. The molecule has 0 bridgehead atoms. The first kappa shape index (κ1) is 11.5. The second-order valence-electron chi connectivity index (χ2n) is 4.51. The normalized spacial score (nSPS) is 17.9. The Hall–Kier alpha value is -1.03. The molecule has 90 valence electrons. The summed E-state index contributed by atoms with van der Waals surface area (Å²) >= 11 is 0. The van der Waals surface area contributed by atoms with Crippen molar-refractivity contribution in [2.24, 2.45) is 7.05 Å². The number of nitrogens with two attached hydrogens (primary N) is 1. The van der Waals surface area contributed by atoms with Gasteiger partial charge in [-0.15, -0.1) is 0 Å². The molecule has 0 unspecified atom stereocenters. The minimum Gasteiger partial charge on any atom is -0.384 e. The molecular weight excluding hydrogens is 202 g/mol. The summed E-state index contributed by atoms with van der Waals surface area (Å²) in [6.07, 6.45) is 4.30. The number of hydrogen-bond acceptors (Lipinski definition) is 3. The molecule has 1 aromatic heterocycles. The maximum absolute atomic E-state index is 6.07. The Morgan fingerprint density at radius 3 is 2.75 bits per heavy atom. The van der Waals surface area contributed by atoms with Crippen molar-refractivity contribution in [2.45, 2.75) is 38.5 Å². The van der Waals surface area contributed by atoms with Crippen LogP contribution in [0.25, 0.3) is 0 Å². The summed E-state index contributed by atoms with van der Waals surface area (Å²) in [5.74, 6) is 1.38. The van der Waals surface area contributed by atoms with Gasteiger partial charge >= 0.3 is 0 Å². The van der Waals surface area contributed by atoms with E-state index < -0.39 is 0 Å². The molecule has 0 aliphatic carbocycles. The highest BCUT2D eigenvalue weighted by Gasteiger charge is 2.23. The minimum atomic E-state index is 0.541. The molecule has 0 radical (unpaired) electrons. The van der Waals surface area contributed by atoms with E-state index in [0.717, 1.165) is 44.7 Å². The molecule has 0 aromatic carbocycles. The summed E-state index contributed by atoms with van der Waals surface area (Å²) in [4.78, 5) is 0. The van der Waals surface area contributed by atoms with Crippen molar-refractivity contribution in [3.63, 3.8) is 0 Å². The number of aryl methyl sites for hydroxylation is 1. The SMILES string of the molecule is CCCc1c(C2CCOCC2)nn(C)c1N. The van der Waals surface area contributed by atoms with Crippen LogP contribution in [-0.4, -0.2) is 23.0 Å². The second kappa shape index (κ2) is 4.87. The maximum atomic E-state index is 6.07. The van der Waals surface area contributed by atoms with Gasteiger partial charge in [0.1, 0.15) is 5.82 Å². The van der Waals surface area contributed by atoms with Crippen molar-refractivity contribution < 1.29 is 4.74 Å². The quantitative estimate of drug-likeness (QED) is 0.850. The van der Waals surface area contributed by atoms with Gasteiger partial charge in [0.15, 0.2) is 0 Å². The Balaban J connectivity index is 2.27. The molecule has 1 fully saturated rings. The van der Waals surface area contributed by atoms with E-state index in [2.05, 4.69) is 12.0 Å². The molecule has 16 heavy (non-hydrogen) atoms.